The molecule has 3 aromatic rings. The second-order valence-electron chi connectivity index (χ2n) is 5.82. The molecule has 1 aromatic heterocycles. The molecule has 0 fully saturated rings. The van der Waals surface area contributed by atoms with Crippen molar-refractivity contribution >= 4 is 22.9 Å². The van der Waals surface area contributed by atoms with Crippen LogP contribution in [0.2, 0.25) is 0 Å². The Balaban J connectivity index is 2.13. The van der Waals surface area contributed by atoms with Crippen LogP contribution < -0.4 is 5.56 Å². The highest BCUT2D eigenvalue weighted by Gasteiger charge is 2.08. The summed E-state index contributed by atoms with van der Waals surface area (Å²) in [5.41, 5.74) is 5.00. The third kappa shape index (κ3) is 3.01. The zero-order valence-corrected chi connectivity index (χ0v) is 13.3. The van der Waals surface area contributed by atoms with Gasteiger partial charge < -0.3 is 10.1 Å². The molecule has 2 aromatic carbocycles. The summed E-state index contributed by atoms with van der Waals surface area (Å²) in [6.45, 7) is 5.83. The molecule has 0 bridgehead atoms. The molecule has 0 atom stereocenters. The normalized spacial score (nSPS) is 11.9. The predicted molar refractivity (Wildman–Crippen MR) is 93.5 cm³/mol. The van der Waals surface area contributed by atoms with Crippen molar-refractivity contribution < 1.29 is 5.11 Å². The van der Waals surface area contributed by atoms with Crippen molar-refractivity contribution in [2.24, 2.45) is 0 Å². The van der Waals surface area contributed by atoms with E-state index in [0.717, 1.165) is 16.7 Å². The molecule has 3 rings (SSSR count). The number of benzene rings is 2. The molecule has 0 unspecified atom stereocenters. The average molecular weight is 306 g/mol. The number of aryl methyl sites for hydroxylation is 3. The van der Waals surface area contributed by atoms with Gasteiger partial charge in [0.05, 0.1) is 11.0 Å². The first-order valence-corrected chi connectivity index (χ1v) is 7.43. The van der Waals surface area contributed by atoms with Crippen molar-refractivity contribution in [1.82, 2.24) is 9.97 Å². The topological polar surface area (TPSA) is 66.0 Å². The number of nitrogens with zero attached hydrogens (tertiary/aromatic N) is 1. The lowest BCUT2D eigenvalue weighted by molar-refractivity contribution is 0.514. The first-order valence-electron chi connectivity index (χ1n) is 7.43. The summed E-state index contributed by atoms with van der Waals surface area (Å²) in [5.74, 6) is 0.0376. The fraction of sp³-hybridized carbons (Fsp3) is 0.158. The van der Waals surface area contributed by atoms with Gasteiger partial charge in [-0.25, -0.2) is 4.98 Å². The summed E-state index contributed by atoms with van der Waals surface area (Å²) in [6.07, 6.45) is 1.42. The first-order chi connectivity index (χ1) is 10.9. The van der Waals surface area contributed by atoms with Crippen LogP contribution in [0.3, 0.4) is 0 Å². The van der Waals surface area contributed by atoms with E-state index in [1.807, 2.05) is 57.2 Å². The molecule has 0 saturated carbocycles. The van der Waals surface area contributed by atoms with Crippen LogP contribution in [0.4, 0.5) is 0 Å². The predicted octanol–water partition coefficient (Wildman–Crippen LogP) is 3.90. The molecular weight excluding hydrogens is 288 g/mol. The lowest BCUT2D eigenvalue weighted by Gasteiger charge is -2.06. The highest BCUT2D eigenvalue weighted by Crippen LogP contribution is 2.20. The van der Waals surface area contributed by atoms with E-state index in [0.29, 0.717) is 16.6 Å². The zero-order valence-electron chi connectivity index (χ0n) is 13.3. The maximum absolute atomic E-state index is 12.2. The van der Waals surface area contributed by atoms with Crippen molar-refractivity contribution in [3.63, 3.8) is 0 Å². The van der Waals surface area contributed by atoms with Crippen LogP contribution in [0.1, 0.15) is 27.9 Å². The Morgan fingerprint density at radius 2 is 1.78 bits per heavy atom. The van der Waals surface area contributed by atoms with E-state index >= 15 is 0 Å². The molecule has 0 radical (unpaired) electrons. The van der Waals surface area contributed by atoms with Crippen LogP contribution >= 0.6 is 0 Å². The lowest BCUT2D eigenvalue weighted by Crippen LogP contribution is -2.12. The van der Waals surface area contributed by atoms with Crippen LogP contribution in [0.5, 0.6) is 0 Å². The highest BCUT2D eigenvalue weighted by molar-refractivity contribution is 5.80. The maximum atomic E-state index is 12.2. The Labute approximate surface area is 134 Å². The van der Waals surface area contributed by atoms with Gasteiger partial charge in [-0.3, -0.25) is 4.79 Å². The van der Waals surface area contributed by atoms with Crippen LogP contribution in [0, 0.1) is 20.8 Å². The Kier molecular flexibility index (Phi) is 3.74. The molecule has 2 N–H and O–H groups in total. The van der Waals surface area contributed by atoms with Gasteiger partial charge in [0.2, 0.25) is 0 Å². The number of fused-ring (bicyclic) bond motifs is 1. The van der Waals surface area contributed by atoms with E-state index in [-0.39, 0.29) is 17.0 Å². The van der Waals surface area contributed by atoms with Gasteiger partial charge in [-0.05, 0) is 50.1 Å². The van der Waals surface area contributed by atoms with E-state index in [4.69, 9.17) is 0 Å². The second kappa shape index (κ2) is 5.72. The first kappa shape index (κ1) is 15.0. The van der Waals surface area contributed by atoms with Crippen molar-refractivity contribution in [2.45, 2.75) is 20.8 Å². The Morgan fingerprint density at radius 1 is 1.09 bits per heavy atom. The average Bonchev–Trinajstić information content (AvgIpc) is 2.50. The number of hydrogen-bond donors (Lipinski definition) is 2. The van der Waals surface area contributed by atoms with Crippen molar-refractivity contribution in [3.05, 3.63) is 74.7 Å². The highest BCUT2D eigenvalue weighted by atomic mass is 16.3. The van der Waals surface area contributed by atoms with E-state index in [2.05, 4.69) is 9.97 Å². The Bertz CT molecular complexity index is 984. The number of aliphatic hydroxyl groups excluding tert-OH is 1. The fourth-order valence-corrected chi connectivity index (χ4v) is 2.53. The van der Waals surface area contributed by atoms with Gasteiger partial charge in [0.1, 0.15) is 11.5 Å². The third-order valence-corrected chi connectivity index (χ3v) is 3.82. The van der Waals surface area contributed by atoms with Crippen LogP contribution in [0.15, 0.2) is 41.2 Å². The largest absolute Gasteiger partial charge is 0.507 e. The molecule has 0 aliphatic heterocycles. The summed E-state index contributed by atoms with van der Waals surface area (Å²) >= 11 is 0. The molecule has 0 aliphatic carbocycles. The smallest absolute Gasteiger partial charge is 0.274 e. The third-order valence-electron chi connectivity index (χ3n) is 3.82. The summed E-state index contributed by atoms with van der Waals surface area (Å²) < 4.78 is 0. The van der Waals surface area contributed by atoms with Gasteiger partial charge in [0.25, 0.3) is 5.56 Å². The minimum absolute atomic E-state index is 0.0376. The summed E-state index contributed by atoms with van der Waals surface area (Å²) in [7, 11) is 0. The van der Waals surface area contributed by atoms with Crippen LogP contribution in [0.25, 0.3) is 22.9 Å². The van der Waals surface area contributed by atoms with Crippen LogP contribution in [-0.2, 0) is 0 Å². The summed E-state index contributed by atoms with van der Waals surface area (Å²) in [6, 6.07) is 11.5. The molecule has 116 valence electrons. The van der Waals surface area contributed by atoms with E-state index < -0.39 is 0 Å². The van der Waals surface area contributed by atoms with Gasteiger partial charge in [-0.2, -0.15) is 0 Å². The van der Waals surface area contributed by atoms with Gasteiger partial charge in [0.15, 0.2) is 0 Å². The lowest BCUT2D eigenvalue weighted by atomic mass is 10.0. The molecule has 0 spiro atoms. The quantitative estimate of drug-likeness (QED) is 0.706. The van der Waals surface area contributed by atoms with E-state index in [1.165, 1.54) is 6.08 Å². The number of rotatable bonds is 2. The molecule has 4 nitrogen and oxygen atoms in total. The summed E-state index contributed by atoms with van der Waals surface area (Å²) in [5, 5.41) is 10.4. The van der Waals surface area contributed by atoms with Gasteiger partial charge in [0, 0.05) is 11.6 Å². The van der Waals surface area contributed by atoms with Gasteiger partial charge in [-0.15, -0.1) is 0 Å². The van der Waals surface area contributed by atoms with E-state index in [9.17, 15) is 9.90 Å². The van der Waals surface area contributed by atoms with E-state index in [1.54, 1.807) is 0 Å². The minimum atomic E-state index is -0.319. The number of H-pyrrole nitrogens is 1. The molecule has 23 heavy (non-hydrogen) atoms. The standard InChI is InChI=1S/C19H18N2O2/c1-11-4-6-13(3)14(8-11)18(22)10-17-19(23)21-16-9-12(2)5-7-15(16)20-17/h4-10,22H,1-3H3,(H,21,23)/b18-10+. The SMILES string of the molecule is Cc1ccc(C)c(/C(O)=C\c2nc3ccc(C)cc3[nH]c2=O)c1. The Hall–Kier alpha value is -2.88. The van der Waals surface area contributed by atoms with Crippen molar-refractivity contribution in [1.29, 1.82) is 0 Å². The Morgan fingerprint density at radius 3 is 2.57 bits per heavy atom. The zero-order chi connectivity index (χ0) is 16.6. The minimum Gasteiger partial charge on any atom is -0.507 e. The monoisotopic (exact) mass is 306 g/mol. The van der Waals surface area contributed by atoms with Gasteiger partial charge in [-0.1, -0.05) is 23.8 Å². The van der Waals surface area contributed by atoms with Gasteiger partial charge >= 0.3 is 0 Å². The molecule has 4 heteroatoms. The number of nitrogens with one attached hydrogen (secondary N) is 1. The number of aliphatic hydroxyl groups is 1. The number of aromatic nitrogens is 2. The van der Waals surface area contributed by atoms with Crippen molar-refractivity contribution in [3.8, 4) is 0 Å². The molecule has 0 saturated heterocycles. The molecule has 0 amide bonds. The number of hydrogen-bond acceptors (Lipinski definition) is 3. The second-order valence-corrected chi connectivity index (χ2v) is 5.82. The fourth-order valence-electron chi connectivity index (χ4n) is 2.53. The molecule has 0 aliphatic rings. The molecule has 1 heterocycles. The van der Waals surface area contributed by atoms with Crippen molar-refractivity contribution in [2.75, 3.05) is 0 Å². The van der Waals surface area contributed by atoms with Crippen LogP contribution in [-0.4, -0.2) is 15.1 Å². The number of aromatic amines is 1. The molecular formula is C19H18N2O2. The maximum Gasteiger partial charge on any atom is 0.274 e. The summed E-state index contributed by atoms with van der Waals surface area (Å²) in [4.78, 5) is 19.4.